The first-order valence-electron chi connectivity index (χ1n) is 11.2. The Kier molecular flexibility index (Phi) is 7.12. The molecule has 0 bridgehead atoms. The molecule has 0 N–H and O–H groups in total. The molecule has 0 spiro atoms. The zero-order valence-corrected chi connectivity index (χ0v) is 19.8. The van der Waals surface area contributed by atoms with Crippen LogP contribution in [0.15, 0.2) is 48.5 Å². The third-order valence-electron chi connectivity index (χ3n) is 6.24. The van der Waals surface area contributed by atoms with Gasteiger partial charge in [0.1, 0.15) is 0 Å². The second-order valence-corrected chi connectivity index (χ2v) is 8.93. The Bertz CT molecular complexity index is 1180. The molecule has 0 saturated carbocycles. The minimum atomic E-state index is 0.0515. The smallest absolute Gasteiger partial charge is 0.257 e. The number of hydrogen-bond donors (Lipinski definition) is 0. The highest BCUT2D eigenvalue weighted by Gasteiger charge is 2.26. The molecule has 1 aliphatic rings. The average molecular weight is 462 g/mol. The number of rotatable bonds is 5. The minimum absolute atomic E-state index is 0.0515. The average Bonchev–Trinajstić information content (AvgIpc) is 2.96. The number of hydrogen-bond acceptors (Lipinski definition) is 4. The van der Waals surface area contributed by atoms with Gasteiger partial charge in [0, 0.05) is 43.4 Å². The first kappa shape index (κ1) is 23.0. The predicted molar refractivity (Wildman–Crippen MR) is 129 cm³/mol. The van der Waals surface area contributed by atoms with Crippen molar-refractivity contribution in [2.45, 2.75) is 33.4 Å². The fraction of sp³-hybridized carbons (Fsp3) is 0.346. The third kappa shape index (κ3) is 5.27. The highest BCUT2D eigenvalue weighted by Crippen LogP contribution is 2.21. The monoisotopic (exact) mass is 461 g/mol. The Morgan fingerprint density at radius 3 is 2.52 bits per heavy atom. The van der Waals surface area contributed by atoms with Gasteiger partial charge in [-0.15, -0.1) is 0 Å². The summed E-state index contributed by atoms with van der Waals surface area (Å²) in [5.41, 5.74) is 5.16. The lowest BCUT2D eigenvalue weighted by atomic mass is 10.1. The SMILES string of the molecule is Cc1nn(Cc2ccccc2Cl)c(C)c1C(=O)N1CCCN(Cc2ccc(C#N)cc2)CC1. The number of halogens is 1. The summed E-state index contributed by atoms with van der Waals surface area (Å²) in [6, 6.07) is 17.6. The Hall–Kier alpha value is -3.14. The first-order chi connectivity index (χ1) is 16.0. The standard InChI is InChI=1S/C26H28ClN5O/c1-19-25(20(2)32(29-19)18-23-6-3-4-7-24(23)27)26(33)31-13-5-12-30(14-15-31)17-22-10-8-21(16-28)9-11-22/h3-4,6-11H,5,12-15,17-18H2,1-2H3. The van der Waals surface area contributed by atoms with Crippen LogP contribution in [0.3, 0.4) is 0 Å². The Labute approximate surface area is 200 Å². The number of amides is 1. The van der Waals surface area contributed by atoms with Crippen molar-refractivity contribution in [1.82, 2.24) is 19.6 Å². The highest BCUT2D eigenvalue weighted by atomic mass is 35.5. The molecule has 1 fully saturated rings. The van der Waals surface area contributed by atoms with Gasteiger partial charge in [-0.05, 0) is 49.6 Å². The molecular formula is C26H28ClN5O. The van der Waals surface area contributed by atoms with E-state index in [9.17, 15) is 4.79 Å². The van der Waals surface area contributed by atoms with E-state index in [2.05, 4.69) is 16.1 Å². The van der Waals surface area contributed by atoms with Gasteiger partial charge in [0.05, 0.1) is 29.4 Å². The van der Waals surface area contributed by atoms with Crippen LogP contribution in [-0.4, -0.2) is 51.7 Å². The molecule has 3 aromatic rings. The highest BCUT2D eigenvalue weighted by molar-refractivity contribution is 6.31. The summed E-state index contributed by atoms with van der Waals surface area (Å²) in [7, 11) is 0. The molecule has 170 valence electrons. The van der Waals surface area contributed by atoms with E-state index in [-0.39, 0.29) is 5.91 Å². The number of nitrogens with zero attached hydrogens (tertiary/aromatic N) is 5. The van der Waals surface area contributed by atoms with Crippen LogP contribution in [0.2, 0.25) is 5.02 Å². The number of benzene rings is 2. The van der Waals surface area contributed by atoms with Crippen LogP contribution in [-0.2, 0) is 13.1 Å². The van der Waals surface area contributed by atoms with Gasteiger partial charge in [-0.25, -0.2) is 0 Å². The van der Waals surface area contributed by atoms with Crippen molar-refractivity contribution in [3.05, 3.63) is 87.2 Å². The summed E-state index contributed by atoms with van der Waals surface area (Å²) in [4.78, 5) is 17.8. The Morgan fingerprint density at radius 1 is 1.03 bits per heavy atom. The molecule has 4 rings (SSSR count). The van der Waals surface area contributed by atoms with E-state index < -0.39 is 0 Å². The number of carbonyl (C=O) groups excluding carboxylic acids is 1. The van der Waals surface area contributed by atoms with Gasteiger partial charge < -0.3 is 4.90 Å². The third-order valence-corrected chi connectivity index (χ3v) is 6.61. The summed E-state index contributed by atoms with van der Waals surface area (Å²) < 4.78 is 1.87. The second kappa shape index (κ2) is 10.2. The fourth-order valence-corrected chi connectivity index (χ4v) is 4.58. The number of aromatic nitrogens is 2. The molecule has 1 amide bonds. The van der Waals surface area contributed by atoms with Crippen molar-refractivity contribution in [1.29, 1.82) is 5.26 Å². The molecule has 0 atom stereocenters. The molecule has 1 saturated heterocycles. The second-order valence-electron chi connectivity index (χ2n) is 8.53. The van der Waals surface area contributed by atoms with Gasteiger partial charge in [0.2, 0.25) is 0 Å². The van der Waals surface area contributed by atoms with Crippen molar-refractivity contribution in [3.63, 3.8) is 0 Å². The number of aryl methyl sites for hydroxylation is 1. The lowest BCUT2D eigenvalue weighted by Gasteiger charge is -2.22. The van der Waals surface area contributed by atoms with E-state index >= 15 is 0 Å². The molecule has 1 aliphatic heterocycles. The van der Waals surface area contributed by atoms with Crippen LogP contribution in [0.4, 0.5) is 0 Å². The molecule has 7 heteroatoms. The molecule has 0 unspecified atom stereocenters. The lowest BCUT2D eigenvalue weighted by Crippen LogP contribution is -2.35. The van der Waals surface area contributed by atoms with E-state index in [1.165, 1.54) is 5.56 Å². The predicted octanol–water partition coefficient (Wildman–Crippen LogP) is 4.42. The van der Waals surface area contributed by atoms with E-state index in [0.717, 1.165) is 49.6 Å². The minimum Gasteiger partial charge on any atom is -0.337 e. The van der Waals surface area contributed by atoms with Gasteiger partial charge in [-0.2, -0.15) is 10.4 Å². The molecule has 6 nitrogen and oxygen atoms in total. The quantitative estimate of drug-likeness (QED) is 0.564. The summed E-state index contributed by atoms with van der Waals surface area (Å²) in [6.45, 7) is 8.39. The van der Waals surface area contributed by atoms with Gasteiger partial charge >= 0.3 is 0 Å². The molecular weight excluding hydrogens is 434 g/mol. The Morgan fingerprint density at radius 2 is 1.79 bits per heavy atom. The summed E-state index contributed by atoms with van der Waals surface area (Å²) >= 11 is 6.33. The maximum atomic E-state index is 13.5. The molecule has 0 aliphatic carbocycles. The van der Waals surface area contributed by atoms with Gasteiger partial charge in [0.15, 0.2) is 0 Å². The van der Waals surface area contributed by atoms with E-state index in [0.29, 0.717) is 29.2 Å². The van der Waals surface area contributed by atoms with Crippen molar-refractivity contribution in [3.8, 4) is 6.07 Å². The number of nitriles is 1. The van der Waals surface area contributed by atoms with Crippen molar-refractivity contribution < 1.29 is 4.79 Å². The van der Waals surface area contributed by atoms with Crippen molar-refractivity contribution in [2.24, 2.45) is 0 Å². The van der Waals surface area contributed by atoms with Gasteiger partial charge in [0.25, 0.3) is 5.91 Å². The summed E-state index contributed by atoms with van der Waals surface area (Å²) in [5.74, 6) is 0.0515. The normalized spacial score (nSPS) is 14.7. The summed E-state index contributed by atoms with van der Waals surface area (Å²) in [5, 5.41) is 14.3. The van der Waals surface area contributed by atoms with E-state index in [4.69, 9.17) is 16.9 Å². The van der Waals surface area contributed by atoms with E-state index in [1.807, 2.05) is 72.0 Å². The van der Waals surface area contributed by atoms with Gasteiger partial charge in [-0.3, -0.25) is 14.4 Å². The maximum absolute atomic E-state index is 13.5. The van der Waals surface area contributed by atoms with Crippen molar-refractivity contribution >= 4 is 17.5 Å². The fourth-order valence-electron chi connectivity index (χ4n) is 4.38. The first-order valence-corrected chi connectivity index (χ1v) is 11.6. The summed E-state index contributed by atoms with van der Waals surface area (Å²) in [6.07, 6.45) is 0.924. The van der Waals surface area contributed by atoms with Crippen LogP contribution in [0, 0.1) is 25.2 Å². The topological polar surface area (TPSA) is 65.2 Å². The zero-order valence-electron chi connectivity index (χ0n) is 19.1. The van der Waals surface area contributed by atoms with Crippen LogP contribution in [0.5, 0.6) is 0 Å². The maximum Gasteiger partial charge on any atom is 0.257 e. The zero-order chi connectivity index (χ0) is 23.4. The van der Waals surface area contributed by atoms with Crippen LogP contribution < -0.4 is 0 Å². The Balaban J connectivity index is 1.43. The van der Waals surface area contributed by atoms with Crippen molar-refractivity contribution in [2.75, 3.05) is 26.2 Å². The largest absolute Gasteiger partial charge is 0.337 e. The molecule has 2 aromatic carbocycles. The molecule has 1 aromatic heterocycles. The van der Waals surface area contributed by atoms with E-state index in [1.54, 1.807) is 0 Å². The van der Waals surface area contributed by atoms with Gasteiger partial charge in [-0.1, -0.05) is 41.9 Å². The molecule has 2 heterocycles. The molecule has 33 heavy (non-hydrogen) atoms. The number of carbonyl (C=O) groups is 1. The lowest BCUT2D eigenvalue weighted by molar-refractivity contribution is 0.0759. The van der Waals surface area contributed by atoms with Crippen LogP contribution in [0.1, 0.15) is 44.9 Å². The van der Waals surface area contributed by atoms with Crippen LogP contribution in [0.25, 0.3) is 0 Å². The molecule has 0 radical (unpaired) electrons. The van der Waals surface area contributed by atoms with Crippen LogP contribution >= 0.6 is 11.6 Å².